The fraction of sp³-hybridized carbons (Fsp3) is 0.182. The molecule has 0 radical (unpaired) electrons. The number of ketones is 1. The van der Waals surface area contributed by atoms with E-state index in [0.717, 1.165) is 21.1 Å². The fourth-order valence-electron chi connectivity index (χ4n) is 3.71. The molecule has 0 spiro atoms. The number of para-hydroxylation sites is 1. The molecular weight excluding hydrogens is 402 g/mol. The molecule has 2 aromatic carbocycles. The molecule has 4 rings (SSSR count). The van der Waals surface area contributed by atoms with Crippen LogP contribution in [-0.2, 0) is 14.1 Å². The Kier molecular flexibility index (Phi) is 4.70. The highest BCUT2D eigenvalue weighted by atomic mass is 79.9. The lowest BCUT2D eigenvalue weighted by Crippen LogP contribution is -2.13. The normalized spacial score (nSPS) is 12.4. The van der Waals surface area contributed by atoms with Crippen molar-refractivity contribution < 1.29 is 4.79 Å². The number of aryl methyl sites for hydroxylation is 2. The topological polar surface area (TPSA) is 39.8 Å². The number of carbonyl (C=O) groups is 1. The third-order valence-corrected chi connectivity index (χ3v) is 5.77. The van der Waals surface area contributed by atoms with Crippen LogP contribution in [0.25, 0.3) is 10.9 Å². The van der Waals surface area contributed by atoms with Gasteiger partial charge in [-0.3, -0.25) is 4.79 Å². The number of rotatable bonds is 5. The summed E-state index contributed by atoms with van der Waals surface area (Å²) >= 11 is 3.68. The third kappa shape index (κ3) is 3.23. The number of fused-ring (bicyclic) bond motifs is 1. The second kappa shape index (κ2) is 7.16. The lowest BCUT2D eigenvalue weighted by molar-refractivity contribution is 0.0964. The van der Waals surface area contributed by atoms with Gasteiger partial charge in [-0.2, -0.15) is 0 Å². The minimum atomic E-state index is -0.0594. The summed E-state index contributed by atoms with van der Waals surface area (Å²) in [5.41, 5.74) is 3.42. The predicted molar refractivity (Wildman–Crippen MR) is 111 cm³/mol. The molecule has 136 valence electrons. The Morgan fingerprint density at radius 3 is 2.52 bits per heavy atom. The Morgan fingerprint density at radius 2 is 1.78 bits per heavy atom. The Morgan fingerprint density at radius 1 is 1.04 bits per heavy atom. The molecule has 4 aromatic rings. The minimum Gasteiger partial charge on any atom is -0.350 e. The molecule has 0 N–H and O–H groups in total. The number of imidazole rings is 1. The van der Waals surface area contributed by atoms with Crippen LogP contribution in [0.4, 0.5) is 0 Å². The maximum atomic E-state index is 13.0. The number of carbonyl (C=O) groups excluding carboxylic acids is 1. The second-order valence-corrected chi connectivity index (χ2v) is 7.63. The van der Waals surface area contributed by atoms with E-state index < -0.39 is 0 Å². The molecule has 2 heterocycles. The summed E-state index contributed by atoms with van der Waals surface area (Å²) in [4.78, 5) is 17.3. The van der Waals surface area contributed by atoms with E-state index in [1.165, 1.54) is 5.39 Å². The van der Waals surface area contributed by atoms with Crippen LogP contribution in [0.15, 0.2) is 71.6 Å². The summed E-state index contributed by atoms with van der Waals surface area (Å²) in [6, 6.07) is 16.4. The molecule has 0 amide bonds. The van der Waals surface area contributed by atoms with Crippen LogP contribution in [0.2, 0.25) is 0 Å². The van der Waals surface area contributed by atoms with Gasteiger partial charge in [0.25, 0.3) is 0 Å². The molecule has 0 saturated heterocycles. The van der Waals surface area contributed by atoms with Gasteiger partial charge in [-0.1, -0.05) is 52.3 Å². The first-order chi connectivity index (χ1) is 13.1. The van der Waals surface area contributed by atoms with Crippen molar-refractivity contribution in [3.05, 3.63) is 88.5 Å². The van der Waals surface area contributed by atoms with Gasteiger partial charge in [-0.05, 0) is 23.3 Å². The summed E-state index contributed by atoms with van der Waals surface area (Å²) in [5.74, 6) is 0.472. The van der Waals surface area contributed by atoms with E-state index in [1.54, 1.807) is 17.0 Å². The Hall–Kier alpha value is -2.66. The smallest absolute Gasteiger partial charge is 0.199 e. The monoisotopic (exact) mass is 421 g/mol. The molecule has 27 heavy (non-hydrogen) atoms. The van der Waals surface area contributed by atoms with Gasteiger partial charge in [0, 0.05) is 60.4 Å². The van der Waals surface area contributed by atoms with Gasteiger partial charge in [0.05, 0.1) is 0 Å². The number of benzene rings is 2. The largest absolute Gasteiger partial charge is 0.350 e. The lowest BCUT2D eigenvalue weighted by Gasteiger charge is -2.18. The molecular formula is C22H20BrN3O. The van der Waals surface area contributed by atoms with Crippen LogP contribution in [0.3, 0.4) is 0 Å². The zero-order chi connectivity index (χ0) is 19.0. The van der Waals surface area contributed by atoms with Crippen molar-refractivity contribution in [3.8, 4) is 0 Å². The second-order valence-electron chi connectivity index (χ2n) is 6.78. The van der Waals surface area contributed by atoms with Crippen molar-refractivity contribution in [2.24, 2.45) is 14.1 Å². The highest BCUT2D eigenvalue weighted by molar-refractivity contribution is 9.10. The van der Waals surface area contributed by atoms with Crippen molar-refractivity contribution in [1.82, 2.24) is 14.1 Å². The number of nitrogens with zero attached hydrogens (tertiary/aromatic N) is 3. The van der Waals surface area contributed by atoms with Crippen LogP contribution >= 0.6 is 15.9 Å². The van der Waals surface area contributed by atoms with Gasteiger partial charge in [-0.25, -0.2) is 4.98 Å². The number of hydrogen-bond acceptors (Lipinski definition) is 2. The van der Waals surface area contributed by atoms with E-state index in [-0.39, 0.29) is 11.7 Å². The average molecular weight is 422 g/mol. The molecule has 0 aliphatic rings. The van der Waals surface area contributed by atoms with Crippen molar-refractivity contribution in [2.45, 2.75) is 12.3 Å². The number of halogens is 1. The molecule has 5 heteroatoms. The van der Waals surface area contributed by atoms with Crippen molar-refractivity contribution in [2.75, 3.05) is 0 Å². The fourth-order valence-corrected chi connectivity index (χ4v) is 4.27. The number of aromatic nitrogens is 3. The van der Waals surface area contributed by atoms with E-state index in [4.69, 9.17) is 0 Å². The molecule has 0 aliphatic heterocycles. The molecule has 0 saturated carbocycles. The summed E-state index contributed by atoms with van der Waals surface area (Å²) in [6.45, 7) is 0. The van der Waals surface area contributed by atoms with Gasteiger partial charge >= 0.3 is 0 Å². The van der Waals surface area contributed by atoms with Gasteiger partial charge < -0.3 is 9.13 Å². The number of hydrogen-bond donors (Lipinski definition) is 0. The van der Waals surface area contributed by atoms with Crippen LogP contribution in [0, 0.1) is 0 Å². The standard InChI is InChI=1S/C22H20BrN3O/c1-25-12-11-24-22(25)21(27)13-17(15-7-3-5-9-19(15)23)18-14-26(2)20-10-6-4-8-16(18)20/h3-12,14,17H,13H2,1-2H3/t17-/m0/s1. The van der Waals surface area contributed by atoms with E-state index in [1.807, 2.05) is 44.4 Å². The maximum Gasteiger partial charge on any atom is 0.199 e. The van der Waals surface area contributed by atoms with Crippen molar-refractivity contribution in [3.63, 3.8) is 0 Å². The predicted octanol–water partition coefficient (Wildman–Crippen LogP) is 5.08. The quantitative estimate of drug-likeness (QED) is 0.421. The SMILES string of the molecule is Cn1ccnc1C(=O)C[C@@H](c1ccccc1Br)c1cn(C)c2ccccc12. The summed E-state index contributed by atoms with van der Waals surface area (Å²) in [5, 5.41) is 1.17. The maximum absolute atomic E-state index is 13.0. The highest BCUT2D eigenvalue weighted by Gasteiger charge is 2.25. The highest BCUT2D eigenvalue weighted by Crippen LogP contribution is 2.38. The zero-order valence-electron chi connectivity index (χ0n) is 15.3. The Labute approximate surface area is 166 Å². The summed E-state index contributed by atoms with van der Waals surface area (Å²) in [6.07, 6.45) is 5.97. The molecule has 0 aliphatic carbocycles. The van der Waals surface area contributed by atoms with E-state index in [9.17, 15) is 4.79 Å². The van der Waals surface area contributed by atoms with Crippen molar-refractivity contribution in [1.29, 1.82) is 0 Å². The summed E-state index contributed by atoms with van der Waals surface area (Å²) in [7, 11) is 3.90. The van der Waals surface area contributed by atoms with Crippen LogP contribution < -0.4 is 0 Å². The van der Waals surface area contributed by atoms with Crippen LogP contribution in [0.5, 0.6) is 0 Å². The van der Waals surface area contributed by atoms with Gasteiger partial charge in [0.15, 0.2) is 11.6 Å². The Balaban J connectivity index is 1.85. The first-order valence-electron chi connectivity index (χ1n) is 8.85. The molecule has 4 nitrogen and oxygen atoms in total. The Bertz CT molecular complexity index is 1130. The molecule has 2 aromatic heterocycles. The zero-order valence-corrected chi connectivity index (χ0v) is 16.8. The summed E-state index contributed by atoms with van der Waals surface area (Å²) < 4.78 is 4.91. The van der Waals surface area contributed by atoms with Gasteiger partial charge in [-0.15, -0.1) is 0 Å². The first kappa shape index (κ1) is 17.7. The number of Topliss-reactive ketones (excluding diaryl/α,β-unsaturated/α-hetero) is 1. The average Bonchev–Trinajstić information content (AvgIpc) is 3.24. The molecule has 1 atom stereocenters. The van der Waals surface area contributed by atoms with E-state index in [0.29, 0.717) is 12.2 Å². The van der Waals surface area contributed by atoms with Gasteiger partial charge in [0.1, 0.15) is 0 Å². The van der Waals surface area contributed by atoms with E-state index in [2.05, 4.69) is 49.9 Å². The van der Waals surface area contributed by atoms with Crippen molar-refractivity contribution >= 4 is 32.6 Å². The first-order valence-corrected chi connectivity index (χ1v) is 9.64. The van der Waals surface area contributed by atoms with Gasteiger partial charge in [0.2, 0.25) is 0 Å². The molecule has 0 fully saturated rings. The minimum absolute atomic E-state index is 0.0381. The van der Waals surface area contributed by atoms with Crippen LogP contribution in [-0.4, -0.2) is 19.9 Å². The molecule has 0 unspecified atom stereocenters. The molecule has 0 bridgehead atoms. The van der Waals surface area contributed by atoms with Crippen LogP contribution in [0.1, 0.15) is 34.1 Å². The lowest BCUT2D eigenvalue weighted by atomic mass is 9.86. The van der Waals surface area contributed by atoms with E-state index >= 15 is 0 Å². The third-order valence-electron chi connectivity index (χ3n) is 5.04.